The van der Waals surface area contributed by atoms with Crippen molar-refractivity contribution in [1.29, 1.82) is 0 Å². The lowest BCUT2D eigenvalue weighted by Gasteiger charge is -2.32. The lowest BCUT2D eigenvalue weighted by molar-refractivity contribution is -0.166. The Bertz CT molecular complexity index is 663. The van der Waals surface area contributed by atoms with E-state index in [0.29, 0.717) is 10.8 Å². The van der Waals surface area contributed by atoms with Crippen molar-refractivity contribution in [2.75, 3.05) is 0 Å². The second-order valence-corrected chi connectivity index (χ2v) is 8.83. The molecule has 1 rings (SSSR count). The Hall–Kier alpha value is -1.75. The SMILES string of the molecule is CCC(CC)[C@@H](Oc1ccccc1Cl)[C@H](C)OC(=O)[C@H](C)CC(=O)OC(C)(C)C. The van der Waals surface area contributed by atoms with E-state index in [2.05, 4.69) is 13.8 Å². The topological polar surface area (TPSA) is 61.8 Å². The number of benzene rings is 1. The highest BCUT2D eigenvalue weighted by Gasteiger charge is 2.32. The fourth-order valence-corrected chi connectivity index (χ4v) is 3.28. The van der Waals surface area contributed by atoms with Gasteiger partial charge in [-0.2, -0.15) is 0 Å². The predicted molar refractivity (Wildman–Crippen MR) is 115 cm³/mol. The van der Waals surface area contributed by atoms with Gasteiger partial charge in [0, 0.05) is 0 Å². The van der Waals surface area contributed by atoms with Gasteiger partial charge in [-0.25, -0.2) is 0 Å². The highest BCUT2D eigenvalue weighted by atomic mass is 35.5. The smallest absolute Gasteiger partial charge is 0.309 e. The molecule has 0 unspecified atom stereocenters. The maximum absolute atomic E-state index is 12.6. The molecule has 0 fully saturated rings. The van der Waals surface area contributed by atoms with Crippen LogP contribution < -0.4 is 4.74 Å². The van der Waals surface area contributed by atoms with Crippen LogP contribution in [0, 0.1) is 11.8 Å². The molecule has 0 saturated heterocycles. The zero-order valence-electron chi connectivity index (χ0n) is 18.7. The second kappa shape index (κ2) is 11.4. The van der Waals surface area contributed by atoms with Crippen molar-refractivity contribution in [3.8, 4) is 5.75 Å². The van der Waals surface area contributed by atoms with Crippen LogP contribution in [0.1, 0.15) is 67.7 Å². The molecule has 3 atom stereocenters. The van der Waals surface area contributed by atoms with Crippen molar-refractivity contribution >= 4 is 23.5 Å². The second-order valence-electron chi connectivity index (χ2n) is 8.42. The van der Waals surface area contributed by atoms with Crippen LogP contribution in [-0.2, 0) is 19.1 Å². The maximum Gasteiger partial charge on any atom is 0.309 e. The third-order valence-electron chi connectivity index (χ3n) is 4.67. The number of hydrogen-bond donors (Lipinski definition) is 0. The summed E-state index contributed by atoms with van der Waals surface area (Å²) >= 11 is 6.25. The first-order valence-corrected chi connectivity index (χ1v) is 10.7. The van der Waals surface area contributed by atoms with Crippen LogP contribution in [0.15, 0.2) is 24.3 Å². The number of carbonyl (C=O) groups is 2. The highest BCUT2D eigenvalue weighted by Crippen LogP contribution is 2.29. The average Bonchev–Trinajstić information content (AvgIpc) is 2.61. The van der Waals surface area contributed by atoms with Crippen molar-refractivity contribution in [2.24, 2.45) is 11.8 Å². The van der Waals surface area contributed by atoms with Crippen molar-refractivity contribution in [1.82, 2.24) is 0 Å². The number of halogens is 1. The fraction of sp³-hybridized carbons (Fsp3) is 0.652. The molecule has 6 heteroatoms. The molecule has 0 aliphatic rings. The minimum Gasteiger partial charge on any atom is -0.485 e. The Morgan fingerprint density at radius 3 is 2.17 bits per heavy atom. The first kappa shape index (κ1) is 25.3. The molecule has 0 aliphatic heterocycles. The molecule has 5 nitrogen and oxygen atoms in total. The third kappa shape index (κ3) is 8.65. The van der Waals surface area contributed by atoms with Crippen LogP contribution in [0.3, 0.4) is 0 Å². The van der Waals surface area contributed by atoms with Crippen LogP contribution in [0.4, 0.5) is 0 Å². The van der Waals surface area contributed by atoms with E-state index in [4.69, 9.17) is 25.8 Å². The van der Waals surface area contributed by atoms with Gasteiger partial charge in [0.15, 0.2) is 0 Å². The van der Waals surface area contributed by atoms with E-state index >= 15 is 0 Å². The van der Waals surface area contributed by atoms with Gasteiger partial charge in [-0.3, -0.25) is 9.59 Å². The molecule has 29 heavy (non-hydrogen) atoms. The number of carbonyl (C=O) groups excluding carboxylic acids is 2. The largest absolute Gasteiger partial charge is 0.485 e. The molecule has 164 valence electrons. The fourth-order valence-electron chi connectivity index (χ4n) is 3.10. The number of rotatable bonds is 10. The standard InChI is InChI=1S/C23H35ClO5/c1-8-17(9-2)21(28-19-13-11-10-12-18(19)24)16(4)27-22(26)15(3)14-20(25)29-23(5,6)7/h10-13,15-17,21H,8-9,14H2,1-7H3/t15-,16+,21+/m1/s1. The predicted octanol–water partition coefficient (Wildman–Crippen LogP) is 5.82. The van der Waals surface area contributed by atoms with E-state index in [-0.39, 0.29) is 18.4 Å². The Kier molecular flexibility index (Phi) is 9.97. The molecule has 0 amide bonds. The molecule has 0 spiro atoms. The zero-order valence-corrected chi connectivity index (χ0v) is 19.4. The zero-order chi connectivity index (χ0) is 22.2. The molecule has 0 N–H and O–H groups in total. The van der Waals surface area contributed by atoms with Crippen molar-refractivity contribution < 1.29 is 23.8 Å². The number of esters is 2. The summed E-state index contributed by atoms with van der Waals surface area (Å²) in [7, 11) is 0. The van der Waals surface area contributed by atoms with Crippen molar-refractivity contribution in [3.63, 3.8) is 0 Å². The van der Waals surface area contributed by atoms with Gasteiger partial charge in [-0.05, 0) is 58.6 Å². The molecule has 0 aliphatic carbocycles. The van der Waals surface area contributed by atoms with Crippen LogP contribution >= 0.6 is 11.6 Å². The maximum atomic E-state index is 12.6. The van der Waals surface area contributed by atoms with E-state index in [1.54, 1.807) is 39.8 Å². The van der Waals surface area contributed by atoms with E-state index in [1.165, 1.54) is 0 Å². The normalized spacial score (nSPS) is 14.8. The Balaban J connectivity index is 2.83. The van der Waals surface area contributed by atoms with Gasteiger partial charge in [-0.15, -0.1) is 0 Å². The van der Waals surface area contributed by atoms with E-state index in [0.717, 1.165) is 12.8 Å². The molecular weight excluding hydrogens is 392 g/mol. The first-order valence-electron chi connectivity index (χ1n) is 10.3. The lowest BCUT2D eigenvalue weighted by atomic mass is 9.93. The summed E-state index contributed by atoms with van der Waals surface area (Å²) in [5.74, 6) is -0.707. The van der Waals surface area contributed by atoms with Gasteiger partial charge in [0.05, 0.1) is 17.4 Å². The summed E-state index contributed by atoms with van der Waals surface area (Å²) in [5.41, 5.74) is -0.586. The van der Waals surface area contributed by atoms with Gasteiger partial charge >= 0.3 is 11.9 Å². The third-order valence-corrected chi connectivity index (χ3v) is 4.99. The highest BCUT2D eigenvalue weighted by molar-refractivity contribution is 6.32. The average molecular weight is 427 g/mol. The molecule has 1 aromatic carbocycles. The van der Waals surface area contributed by atoms with Gasteiger partial charge in [0.25, 0.3) is 0 Å². The lowest BCUT2D eigenvalue weighted by Crippen LogP contribution is -2.40. The number of hydrogen-bond acceptors (Lipinski definition) is 5. The molecule has 0 bridgehead atoms. The molecule has 0 heterocycles. The minimum absolute atomic E-state index is 0.0240. The summed E-state index contributed by atoms with van der Waals surface area (Å²) in [6.07, 6.45) is 0.888. The Morgan fingerprint density at radius 2 is 1.66 bits per heavy atom. The summed E-state index contributed by atoms with van der Waals surface area (Å²) in [5, 5.41) is 0.514. The quantitative estimate of drug-likeness (QED) is 0.441. The number of ether oxygens (including phenoxy) is 3. The van der Waals surface area contributed by atoms with Gasteiger partial charge in [0.2, 0.25) is 0 Å². The van der Waals surface area contributed by atoms with Crippen molar-refractivity contribution in [3.05, 3.63) is 29.3 Å². The first-order chi connectivity index (χ1) is 13.5. The Morgan fingerprint density at radius 1 is 1.07 bits per heavy atom. The molecule has 1 aromatic rings. The van der Waals surface area contributed by atoms with Crippen LogP contribution in [0.2, 0.25) is 5.02 Å². The van der Waals surface area contributed by atoms with Crippen LogP contribution in [-0.4, -0.2) is 29.7 Å². The minimum atomic E-state index is -0.602. The van der Waals surface area contributed by atoms with E-state index in [1.807, 2.05) is 19.1 Å². The summed E-state index contributed by atoms with van der Waals surface area (Å²) in [6, 6.07) is 7.26. The Labute approximate surface area is 180 Å². The van der Waals surface area contributed by atoms with E-state index in [9.17, 15) is 9.59 Å². The summed E-state index contributed by atoms with van der Waals surface area (Å²) in [4.78, 5) is 24.6. The van der Waals surface area contributed by atoms with Gasteiger partial charge < -0.3 is 14.2 Å². The summed E-state index contributed by atoms with van der Waals surface area (Å²) < 4.78 is 17.2. The van der Waals surface area contributed by atoms with Crippen LogP contribution in [0.5, 0.6) is 5.75 Å². The van der Waals surface area contributed by atoms with Crippen LogP contribution in [0.25, 0.3) is 0 Å². The molecular formula is C23H35ClO5. The monoisotopic (exact) mass is 426 g/mol. The van der Waals surface area contributed by atoms with Gasteiger partial charge in [-0.1, -0.05) is 44.5 Å². The van der Waals surface area contributed by atoms with Crippen molar-refractivity contribution in [2.45, 2.75) is 85.5 Å². The summed E-state index contributed by atoms with van der Waals surface area (Å²) in [6.45, 7) is 13.0. The van der Waals surface area contributed by atoms with Gasteiger partial charge in [0.1, 0.15) is 23.6 Å². The molecule has 0 saturated carbocycles. The number of para-hydroxylation sites is 1. The van der Waals surface area contributed by atoms with E-state index < -0.39 is 29.6 Å². The molecule has 0 aromatic heterocycles. The molecule has 0 radical (unpaired) electrons.